The molecule has 0 radical (unpaired) electrons. The SMILES string of the molecule is Cc1cc(C)cc(N(C(C)C(=O)Nc2ccc(F)c(F)c2)S(C)(=O)=O)c1. The molecule has 1 amide bonds. The van der Waals surface area contributed by atoms with Crippen molar-refractivity contribution in [3.8, 4) is 0 Å². The molecule has 0 spiro atoms. The van der Waals surface area contributed by atoms with Gasteiger partial charge in [-0.2, -0.15) is 0 Å². The fourth-order valence-corrected chi connectivity index (χ4v) is 3.87. The fraction of sp³-hybridized carbons (Fsp3) is 0.278. The summed E-state index contributed by atoms with van der Waals surface area (Å²) < 4.78 is 51.9. The number of carbonyl (C=O) groups excluding carboxylic acids is 1. The number of halogens is 2. The molecule has 8 heteroatoms. The molecule has 140 valence electrons. The quantitative estimate of drug-likeness (QED) is 0.862. The van der Waals surface area contributed by atoms with Crippen LogP contribution in [0, 0.1) is 25.5 Å². The van der Waals surface area contributed by atoms with Crippen LogP contribution in [0.3, 0.4) is 0 Å². The lowest BCUT2D eigenvalue weighted by Gasteiger charge is -2.28. The van der Waals surface area contributed by atoms with Crippen molar-refractivity contribution in [2.45, 2.75) is 26.8 Å². The Labute approximate surface area is 151 Å². The van der Waals surface area contributed by atoms with E-state index in [1.54, 1.807) is 12.1 Å². The maximum absolute atomic E-state index is 13.3. The van der Waals surface area contributed by atoms with Crippen molar-refractivity contribution >= 4 is 27.3 Å². The number of anilines is 2. The van der Waals surface area contributed by atoms with Gasteiger partial charge in [-0.1, -0.05) is 6.07 Å². The highest BCUT2D eigenvalue weighted by Crippen LogP contribution is 2.24. The first-order valence-corrected chi connectivity index (χ1v) is 9.67. The van der Waals surface area contributed by atoms with Gasteiger partial charge in [-0.25, -0.2) is 17.2 Å². The lowest BCUT2D eigenvalue weighted by molar-refractivity contribution is -0.116. The molecule has 0 aliphatic rings. The van der Waals surface area contributed by atoms with E-state index in [1.807, 2.05) is 19.9 Å². The maximum Gasteiger partial charge on any atom is 0.247 e. The zero-order chi connectivity index (χ0) is 19.6. The Hall–Kier alpha value is -2.48. The van der Waals surface area contributed by atoms with Gasteiger partial charge < -0.3 is 5.32 Å². The summed E-state index contributed by atoms with van der Waals surface area (Å²) >= 11 is 0. The molecule has 0 aliphatic heterocycles. The van der Waals surface area contributed by atoms with Gasteiger partial charge in [0, 0.05) is 11.8 Å². The first-order valence-electron chi connectivity index (χ1n) is 7.82. The van der Waals surface area contributed by atoms with Gasteiger partial charge in [-0.3, -0.25) is 9.10 Å². The first kappa shape index (κ1) is 19.8. The summed E-state index contributed by atoms with van der Waals surface area (Å²) in [4.78, 5) is 12.5. The number of hydrogen-bond donors (Lipinski definition) is 1. The highest BCUT2D eigenvalue weighted by atomic mass is 32.2. The van der Waals surface area contributed by atoms with Gasteiger partial charge >= 0.3 is 0 Å². The molecule has 0 fully saturated rings. The van der Waals surface area contributed by atoms with E-state index < -0.39 is 33.6 Å². The van der Waals surface area contributed by atoms with Crippen molar-refractivity contribution in [1.82, 2.24) is 0 Å². The summed E-state index contributed by atoms with van der Waals surface area (Å²) in [6, 6.07) is 7.03. The lowest BCUT2D eigenvalue weighted by atomic mass is 10.1. The highest BCUT2D eigenvalue weighted by molar-refractivity contribution is 7.92. The zero-order valence-corrected chi connectivity index (χ0v) is 15.7. The third-order valence-corrected chi connectivity index (χ3v) is 4.98. The molecule has 0 aliphatic carbocycles. The van der Waals surface area contributed by atoms with Crippen molar-refractivity contribution in [3.63, 3.8) is 0 Å². The van der Waals surface area contributed by atoms with Gasteiger partial charge in [0.1, 0.15) is 6.04 Å². The molecule has 0 aromatic heterocycles. The van der Waals surface area contributed by atoms with Crippen LogP contribution >= 0.6 is 0 Å². The number of carbonyl (C=O) groups is 1. The van der Waals surface area contributed by atoms with Crippen LogP contribution in [-0.2, 0) is 14.8 Å². The number of sulfonamides is 1. The lowest BCUT2D eigenvalue weighted by Crippen LogP contribution is -2.45. The van der Waals surface area contributed by atoms with E-state index in [1.165, 1.54) is 13.0 Å². The molecule has 0 bridgehead atoms. The molecule has 5 nitrogen and oxygen atoms in total. The van der Waals surface area contributed by atoms with Crippen molar-refractivity contribution in [2.75, 3.05) is 15.9 Å². The molecule has 0 saturated heterocycles. The number of benzene rings is 2. The van der Waals surface area contributed by atoms with Crippen LogP contribution in [0.25, 0.3) is 0 Å². The fourth-order valence-electron chi connectivity index (χ4n) is 2.71. The number of hydrogen-bond acceptors (Lipinski definition) is 3. The minimum Gasteiger partial charge on any atom is -0.324 e. The third kappa shape index (κ3) is 4.57. The molecule has 26 heavy (non-hydrogen) atoms. The average Bonchev–Trinajstić information content (AvgIpc) is 2.48. The summed E-state index contributed by atoms with van der Waals surface area (Å²) in [5.41, 5.74) is 2.09. The molecule has 1 unspecified atom stereocenters. The molecular formula is C18H20F2N2O3S. The van der Waals surface area contributed by atoms with Gasteiger partial charge in [0.05, 0.1) is 11.9 Å². The highest BCUT2D eigenvalue weighted by Gasteiger charge is 2.29. The van der Waals surface area contributed by atoms with E-state index in [0.717, 1.165) is 33.8 Å². The largest absolute Gasteiger partial charge is 0.324 e. The third-order valence-electron chi connectivity index (χ3n) is 3.74. The van der Waals surface area contributed by atoms with Crippen LogP contribution in [0.1, 0.15) is 18.1 Å². The Balaban J connectivity index is 2.35. The number of rotatable bonds is 5. The summed E-state index contributed by atoms with van der Waals surface area (Å²) in [5.74, 6) is -2.81. The van der Waals surface area contributed by atoms with Crippen molar-refractivity contribution in [1.29, 1.82) is 0 Å². The normalized spacial score (nSPS) is 12.5. The van der Waals surface area contributed by atoms with Crippen molar-refractivity contribution in [3.05, 3.63) is 59.2 Å². The first-order chi connectivity index (χ1) is 12.0. The standard InChI is InChI=1S/C18H20F2N2O3S/c1-11-7-12(2)9-15(8-11)22(26(4,24)25)13(3)18(23)21-14-5-6-16(19)17(20)10-14/h5-10,13H,1-4H3,(H,21,23). The zero-order valence-electron chi connectivity index (χ0n) is 14.9. The summed E-state index contributed by atoms with van der Waals surface area (Å²) in [7, 11) is -3.76. The molecule has 2 rings (SSSR count). The van der Waals surface area contributed by atoms with Crippen LogP contribution in [0.4, 0.5) is 20.2 Å². The molecule has 2 aromatic carbocycles. The maximum atomic E-state index is 13.3. The van der Waals surface area contributed by atoms with Crippen molar-refractivity contribution < 1.29 is 22.0 Å². The monoisotopic (exact) mass is 382 g/mol. The molecule has 1 atom stereocenters. The van der Waals surface area contributed by atoms with Gasteiger partial charge in [0.15, 0.2) is 11.6 Å². The molecular weight excluding hydrogens is 362 g/mol. The van der Waals surface area contributed by atoms with Crippen LogP contribution in [0.15, 0.2) is 36.4 Å². The average molecular weight is 382 g/mol. The molecule has 0 saturated carbocycles. The number of nitrogens with zero attached hydrogens (tertiary/aromatic N) is 1. The van der Waals surface area contributed by atoms with Crippen molar-refractivity contribution in [2.24, 2.45) is 0 Å². The number of amides is 1. The smallest absolute Gasteiger partial charge is 0.247 e. The Bertz CT molecular complexity index is 925. The Morgan fingerprint density at radius 3 is 2.12 bits per heavy atom. The van der Waals surface area contributed by atoms with E-state index in [2.05, 4.69) is 5.32 Å². The predicted octanol–water partition coefficient (Wildman–Crippen LogP) is 3.37. The van der Waals surface area contributed by atoms with Gasteiger partial charge in [0.25, 0.3) is 0 Å². The van der Waals surface area contributed by atoms with E-state index >= 15 is 0 Å². The predicted molar refractivity (Wildman–Crippen MR) is 97.7 cm³/mol. The second kappa shape index (κ2) is 7.41. The molecule has 1 N–H and O–H groups in total. The van der Waals surface area contributed by atoms with Crippen LogP contribution in [0.5, 0.6) is 0 Å². The van der Waals surface area contributed by atoms with Gasteiger partial charge in [-0.05, 0) is 56.2 Å². The van der Waals surface area contributed by atoms with Crippen LogP contribution in [0.2, 0.25) is 0 Å². The van der Waals surface area contributed by atoms with Gasteiger partial charge in [-0.15, -0.1) is 0 Å². The minimum atomic E-state index is -3.76. The van der Waals surface area contributed by atoms with E-state index in [9.17, 15) is 22.0 Å². The summed E-state index contributed by atoms with van der Waals surface area (Å²) in [6.07, 6.45) is 1.01. The van der Waals surface area contributed by atoms with Gasteiger partial charge in [0.2, 0.25) is 15.9 Å². The molecule has 0 heterocycles. The van der Waals surface area contributed by atoms with E-state index in [-0.39, 0.29) is 5.69 Å². The summed E-state index contributed by atoms with van der Waals surface area (Å²) in [5, 5.41) is 2.41. The Morgan fingerprint density at radius 2 is 1.62 bits per heavy atom. The Kier molecular flexibility index (Phi) is 5.65. The second-order valence-electron chi connectivity index (χ2n) is 6.20. The van der Waals surface area contributed by atoms with E-state index in [4.69, 9.17) is 0 Å². The summed E-state index contributed by atoms with van der Waals surface area (Å²) in [6.45, 7) is 5.07. The van der Waals surface area contributed by atoms with E-state index in [0.29, 0.717) is 5.69 Å². The number of aryl methyl sites for hydroxylation is 2. The second-order valence-corrected chi connectivity index (χ2v) is 8.06. The topological polar surface area (TPSA) is 66.5 Å². The number of nitrogens with one attached hydrogen (secondary N) is 1. The van der Waals surface area contributed by atoms with Crippen LogP contribution in [-0.4, -0.2) is 26.6 Å². The molecule has 2 aromatic rings. The van der Waals surface area contributed by atoms with Crippen LogP contribution < -0.4 is 9.62 Å². The Morgan fingerprint density at radius 1 is 1.04 bits per heavy atom. The minimum absolute atomic E-state index is 0.0367.